The summed E-state index contributed by atoms with van der Waals surface area (Å²) in [7, 11) is 0. The van der Waals surface area contributed by atoms with Crippen LogP contribution < -0.4 is 5.32 Å². The van der Waals surface area contributed by atoms with Crippen molar-refractivity contribution in [2.45, 2.75) is 58.3 Å². The fourth-order valence-electron chi connectivity index (χ4n) is 5.36. The number of benzene rings is 2. The van der Waals surface area contributed by atoms with Crippen molar-refractivity contribution < 1.29 is 14.7 Å². The first-order chi connectivity index (χ1) is 19.6. The molecule has 0 spiro atoms. The molecule has 1 aliphatic heterocycles. The summed E-state index contributed by atoms with van der Waals surface area (Å²) in [5.41, 5.74) is 6.77. The van der Waals surface area contributed by atoms with Gasteiger partial charge < -0.3 is 15.3 Å². The highest BCUT2D eigenvalue weighted by Gasteiger charge is 2.42. The highest BCUT2D eigenvalue weighted by atomic mass is 79.9. The van der Waals surface area contributed by atoms with Gasteiger partial charge in [-0.2, -0.15) is 5.10 Å². The Morgan fingerprint density at radius 3 is 2.37 bits per heavy atom. The normalized spacial score (nSPS) is 18.5. The Balaban J connectivity index is 1.30. The topological polar surface area (TPSA) is 100 Å². The van der Waals surface area contributed by atoms with E-state index in [9.17, 15) is 14.7 Å². The molecule has 10 heteroatoms. The molecule has 2 aromatic carbocycles. The largest absolute Gasteiger partial charge is 0.391 e. The lowest BCUT2D eigenvalue weighted by atomic mass is 10.0. The van der Waals surface area contributed by atoms with Crippen molar-refractivity contribution in [2.24, 2.45) is 5.92 Å². The van der Waals surface area contributed by atoms with E-state index in [-0.39, 0.29) is 36.7 Å². The number of hydrogen-bond donors (Lipinski definition) is 2. The second kappa shape index (κ2) is 12.3. The molecule has 3 heterocycles. The molecule has 2 amide bonds. The van der Waals surface area contributed by atoms with Crippen LogP contribution in [0.2, 0.25) is 0 Å². The van der Waals surface area contributed by atoms with Gasteiger partial charge in [-0.1, -0.05) is 66.2 Å². The van der Waals surface area contributed by atoms with E-state index in [0.29, 0.717) is 0 Å². The number of aliphatic hydroxyl groups is 1. The summed E-state index contributed by atoms with van der Waals surface area (Å²) in [6.45, 7) is 7.95. The van der Waals surface area contributed by atoms with E-state index in [1.54, 1.807) is 22.2 Å². The number of aliphatic hydroxyl groups excluding tert-OH is 1. The zero-order chi connectivity index (χ0) is 29.3. The average molecular weight is 637 g/mol. The number of nitrogens with one attached hydrogen (secondary N) is 1. The zero-order valence-electron chi connectivity index (χ0n) is 23.5. The van der Waals surface area contributed by atoms with Crippen LogP contribution in [0.25, 0.3) is 21.6 Å². The Kier molecular flexibility index (Phi) is 8.72. The van der Waals surface area contributed by atoms with Crippen molar-refractivity contribution in [3.8, 4) is 21.6 Å². The van der Waals surface area contributed by atoms with Gasteiger partial charge in [0.1, 0.15) is 12.1 Å². The number of amides is 2. The third-order valence-corrected chi connectivity index (χ3v) is 9.10. The first-order valence-corrected chi connectivity index (χ1v) is 15.4. The minimum Gasteiger partial charge on any atom is -0.391 e. The van der Waals surface area contributed by atoms with Gasteiger partial charge in [0.25, 0.3) is 0 Å². The number of thiazole rings is 1. The summed E-state index contributed by atoms with van der Waals surface area (Å²) in [5.74, 6) is -0.580. The second-order valence-corrected chi connectivity index (χ2v) is 12.7. The lowest BCUT2D eigenvalue weighted by molar-refractivity contribution is -0.142. The third-order valence-electron chi connectivity index (χ3n) is 7.59. The molecule has 4 aromatic rings. The number of rotatable bonds is 8. The molecule has 4 atom stereocenters. The van der Waals surface area contributed by atoms with Crippen molar-refractivity contribution in [3.63, 3.8) is 0 Å². The van der Waals surface area contributed by atoms with Crippen LogP contribution in [-0.2, 0) is 9.59 Å². The predicted molar refractivity (Wildman–Crippen MR) is 164 cm³/mol. The molecule has 0 saturated carbocycles. The number of aromatic nitrogens is 3. The molecule has 0 radical (unpaired) electrons. The van der Waals surface area contributed by atoms with Gasteiger partial charge in [0.15, 0.2) is 0 Å². The summed E-state index contributed by atoms with van der Waals surface area (Å²) < 4.78 is 2.66. The van der Waals surface area contributed by atoms with Gasteiger partial charge in [0, 0.05) is 29.2 Å². The summed E-state index contributed by atoms with van der Waals surface area (Å²) in [6, 6.07) is 14.3. The maximum Gasteiger partial charge on any atom is 0.248 e. The van der Waals surface area contributed by atoms with Crippen LogP contribution in [0.4, 0.5) is 0 Å². The van der Waals surface area contributed by atoms with E-state index in [2.05, 4.69) is 31.3 Å². The molecule has 0 unspecified atom stereocenters. The van der Waals surface area contributed by atoms with Crippen LogP contribution in [0, 0.1) is 12.8 Å². The third kappa shape index (κ3) is 6.29. The van der Waals surface area contributed by atoms with Crippen molar-refractivity contribution >= 4 is 39.1 Å². The minimum absolute atomic E-state index is 0.0822. The highest BCUT2D eigenvalue weighted by molar-refractivity contribution is 9.10. The Morgan fingerprint density at radius 1 is 1.05 bits per heavy atom. The Hall–Kier alpha value is -3.34. The molecule has 2 N–H and O–H groups in total. The molecule has 41 heavy (non-hydrogen) atoms. The summed E-state index contributed by atoms with van der Waals surface area (Å²) >= 11 is 5.06. The second-order valence-electron chi connectivity index (χ2n) is 10.9. The first-order valence-electron chi connectivity index (χ1n) is 13.7. The zero-order valence-corrected chi connectivity index (χ0v) is 25.9. The maximum absolute atomic E-state index is 13.9. The number of halogens is 1. The molecular formula is C31H34BrN5O3S. The van der Waals surface area contributed by atoms with Crippen molar-refractivity contribution in [1.29, 1.82) is 0 Å². The Labute approximate surface area is 252 Å². The lowest BCUT2D eigenvalue weighted by Gasteiger charge is -2.30. The minimum atomic E-state index is -0.768. The van der Waals surface area contributed by atoms with Crippen LogP contribution in [-0.4, -0.2) is 55.3 Å². The van der Waals surface area contributed by atoms with E-state index < -0.39 is 18.2 Å². The molecular weight excluding hydrogens is 602 g/mol. The van der Waals surface area contributed by atoms with Gasteiger partial charge in [-0.15, -0.1) is 11.3 Å². The fraction of sp³-hybridized carbons (Fsp3) is 0.355. The quantitative estimate of drug-likeness (QED) is 0.256. The van der Waals surface area contributed by atoms with E-state index in [4.69, 9.17) is 0 Å². The van der Waals surface area contributed by atoms with Crippen molar-refractivity contribution in [1.82, 2.24) is 25.0 Å². The van der Waals surface area contributed by atoms with E-state index in [1.165, 1.54) is 4.90 Å². The van der Waals surface area contributed by atoms with Crippen LogP contribution in [0.3, 0.4) is 0 Å². The van der Waals surface area contributed by atoms with Gasteiger partial charge in [-0.05, 0) is 48.6 Å². The van der Waals surface area contributed by atoms with Gasteiger partial charge >= 0.3 is 0 Å². The fourth-order valence-corrected chi connectivity index (χ4v) is 6.43. The predicted octanol–water partition coefficient (Wildman–Crippen LogP) is 5.78. The van der Waals surface area contributed by atoms with Crippen molar-refractivity contribution in [2.75, 3.05) is 6.54 Å². The molecule has 8 nitrogen and oxygen atoms in total. The number of likely N-dealkylation sites (tertiary alicyclic amines) is 1. The number of carbonyl (C=O) groups excluding carboxylic acids is 2. The van der Waals surface area contributed by atoms with Crippen LogP contribution in [0.1, 0.15) is 50.5 Å². The smallest absolute Gasteiger partial charge is 0.248 e. The Bertz CT molecular complexity index is 1520. The van der Waals surface area contributed by atoms with Gasteiger partial charge in [0.2, 0.25) is 11.8 Å². The van der Waals surface area contributed by atoms with Crippen LogP contribution in [0.15, 0.2) is 70.9 Å². The molecule has 1 saturated heterocycles. The van der Waals surface area contributed by atoms with Crippen molar-refractivity contribution in [3.05, 3.63) is 82.2 Å². The van der Waals surface area contributed by atoms with Crippen LogP contribution >= 0.6 is 27.3 Å². The summed E-state index contributed by atoms with van der Waals surface area (Å²) in [4.78, 5) is 34.4. The number of carbonyl (C=O) groups is 2. The number of hydrogen-bond acceptors (Lipinski definition) is 6. The SMILES string of the molecule is Cc1ncsc1-c1ccc([C@H](C)NC(=O)[C@@H]2C[C@@H](O)CN2C(=O)[C@H](C(C)C)n2cc(-c3ccc(Br)cc3)cn2)cc1. The van der Waals surface area contributed by atoms with E-state index >= 15 is 0 Å². The number of β-amino-alcohol motifs (C(OH)–C–C–N with tert-alkyl or cyclic N) is 1. The molecule has 1 aliphatic rings. The molecule has 5 rings (SSSR count). The average Bonchev–Trinajstić information content (AvgIpc) is 3.69. The number of aryl methyl sites for hydroxylation is 1. The van der Waals surface area contributed by atoms with Crippen LogP contribution in [0.5, 0.6) is 0 Å². The summed E-state index contributed by atoms with van der Waals surface area (Å²) in [6.07, 6.45) is 3.04. The number of nitrogens with zero attached hydrogens (tertiary/aromatic N) is 4. The monoisotopic (exact) mass is 635 g/mol. The molecule has 214 valence electrons. The first kappa shape index (κ1) is 29.2. The standard InChI is InChI=1S/C31H34BrN5O3S/c1-18(2)28(37-15-24(14-34-37)22-9-11-25(32)12-10-22)31(40)36-16-26(38)13-27(36)30(39)35-19(3)21-5-7-23(8-6-21)29-20(4)33-17-41-29/h5-12,14-15,17-19,26-28,38H,13,16H2,1-4H3,(H,35,39)/t19-,26+,27-,28-/m0/s1. The maximum atomic E-state index is 13.9. The molecule has 1 fully saturated rings. The van der Waals surface area contributed by atoms with E-state index in [1.807, 2.05) is 87.9 Å². The van der Waals surface area contributed by atoms with Gasteiger partial charge in [-0.25, -0.2) is 4.98 Å². The lowest BCUT2D eigenvalue weighted by Crippen LogP contribution is -2.49. The van der Waals surface area contributed by atoms with E-state index in [0.717, 1.165) is 37.3 Å². The summed E-state index contributed by atoms with van der Waals surface area (Å²) in [5, 5.41) is 18.1. The molecule has 2 aromatic heterocycles. The van der Waals surface area contributed by atoms with Gasteiger partial charge in [0.05, 0.1) is 34.4 Å². The van der Waals surface area contributed by atoms with Gasteiger partial charge in [-0.3, -0.25) is 14.3 Å². The molecule has 0 aliphatic carbocycles. The Morgan fingerprint density at radius 2 is 1.73 bits per heavy atom. The molecule has 0 bridgehead atoms. The highest BCUT2D eigenvalue weighted by Crippen LogP contribution is 2.31.